The topological polar surface area (TPSA) is 27.7 Å². The highest BCUT2D eigenvalue weighted by molar-refractivity contribution is 4.41. The van der Waals surface area contributed by atoms with Crippen LogP contribution >= 0.6 is 0 Å². The average Bonchev–Trinajstić information content (AvgIpc) is 1.86. The van der Waals surface area contributed by atoms with Crippen molar-refractivity contribution in [2.75, 3.05) is 6.61 Å². The van der Waals surface area contributed by atoms with Gasteiger partial charge in [-0.3, -0.25) is 0 Å². The van der Waals surface area contributed by atoms with Crippen LogP contribution in [-0.2, 0) is 14.8 Å². The Kier molecular flexibility index (Phi) is 1.05. The van der Waals surface area contributed by atoms with E-state index in [4.69, 9.17) is 0 Å². The highest BCUT2D eigenvalue weighted by Gasteiger charge is 2.10. The first-order valence-corrected chi connectivity index (χ1v) is 1.84. The lowest BCUT2D eigenvalue weighted by atomic mass is 10.5. The van der Waals surface area contributed by atoms with Crippen LogP contribution in [0.15, 0.2) is 0 Å². The molecule has 1 rings (SSSR count). The molecule has 0 bridgehead atoms. The van der Waals surface area contributed by atoms with Gasteiger partial charge in [0.05, 0.1) is 0 Å². The maximum Gasteiger partial charge on any atom is 0.120 e. The van der Waals surface area contributed by atoms with Gasteiger partial charge >= 0.3 is 0 Å². The molecule has 1 fully saturated rings. The normalized spacial score (nSPS) is 34.5. The van der Waals surface area contributed by atoms with Crippen molar-refractivity contribution in [1.82, 2.24) is 0 Å². The van der Waals surface area contributed by atoms with Gasteiger partial charge < -0.3 is 0 Å². The Balaban J connectivity index is 2.18. The maximum atomic E-state index is 4.43. The summed E-state index contributed by atoms with van der Waals surface area (Å²) in [5, 5.41) is 4.06. The van der Waals surface area contributed by atoms with Crippen LogP contribution in [0.5, 0.6) is 0 Å². The largest absolute Gasteiger partial charge is 0.203 e. The van der Waals surface area contributed by atoms with Gasteiger partial charge in [-0.1, -0.05) is 5.04 Å². The Morgan fingerprint density at radius 1 is 1.67 bits per heavy atom. The summed E-state index contributed by atoms with van der Waals surface area (Å²) in [6.07, 6.45) is 0.102. The van der Waals surface area contributed by atoms with Crippen molar-refractivity contribution in [3.63, 3.8) is 0 Å². The third-order valence-corrected chi connectivity index (χ3v) is 0.554. The zero-order chi connectivity index (χ0) is 4.41. The van der Waals surface area contributed by atoms with E-state index in [0.717, 1.165) is 0 Å². The standard InChI is InChI=1S/C3H6O3/c1-3-2-4-6-5-3/h3H,2H2,1H3. The van der Waals surface area contributed by atoms with Crippen LogP contribution in [-0.4, -0.2) is 12.7 Å². The second kappa shape index (κ2) is 1.55. The molecule has 0 aromatic carbocycles. The van der Waals surface area contributed by atoms with E-state index in [1.165, 1.54) is 0 Å². The molecular formula is C3H6O3. The number of rotatable bonds is 0. The van der Waals surface area contributed by atoms with Gasteiger partial charge in [0.15, 0.2) is 0 Å². The maximum absolute atomic E-state index is 4.43. The van der Waals surface area contributed by atoms with Gasteiger partial charge in [0.1, 0.15) is 12.7 Å². The van der Waals surface area contributed by atoms with E-state index in [9.17, 15) is 0 Å². The summed E-state index contributed by atoms with van der Waals surface area (Å²) in [7, 11) is 0. The van der Waals surface area contributed by atoms with E-state index >= 15 is 0 Å². The van der Waals surface area contributed by atoms with E-state index in [1.807, 2.05) is 6.92 Å². The summed E-state index contributed by atoms with van der Waals surface area (Å²) in [6.45, 7) is 2.41. The Labute approximate surface area is 35.7 Å². The highest BCUT2D eigenvalue weighted by Crippen LogP contribution is 2.00. The summed E-state index contributed by atoms with van der Waals surface area (Å²) in [4.78, 5) is 8.77. The molecule has 1 heterocycles. The quantitative estimate of drug-likeness (QED) is 0.399. The first kappa shape index (κ1) is 4.05. The molecule has 1 aliphatic rings. The van der Waals surface area contributed by atoms with Crippen molar-refractivity contribution in [2.45, 2.75) is 13.0 Å². The molecule has 0 saturated carbocycles. The first-order chi connectivity index (χ1) is 2.89. The number of hydrogen-bond acceptors (Lipinski definition) is 3. The second-order valence-corrected chi connectivity index (χ2v) is 1.26. The fourth-order valence-electron chi connectivity index (χ4n) is 0.246. The molecule has 0 radical (unpaired) electrons. The molecule has 0 aromatic heterocycles. The van der Waals surface area contributed by atoms with Crippen molar-refractivity contribution in [1.29, 1.82) is 0 Å². The van der Waals surface area contributed by atoms with E-state index in [1.54, 1.807) is 0 Å². The molecule has 36 valence electrons. The fourth-order valence-corrected chi connectivity index (χ4v) is 0.246. The van der Waals surface area contributed by atoms with E-state index in [0.29, 0.717) is 6.61 Å². The molecule has 3 heteroatoms. The Morgan fingerprint density at radius 2 is 2.50 bits per heavy atom. The predicted molar refractivity (Wildman–Crippen MR) is 17.6 cm³/mol. The predicted octanol–water partition coefficient (Wildman–Crippen LogP) is 0.268. The first-order valence-electron chi connectivity index (χ1n) is 1.84. The zero-order valence-corrected chi connectivity index (χ0v) is 3.51. The number of hydrogen-bond donors (Lipinski definition) is 0. The summed E-state index contributed by atoms with van der Waals surface area (Å²) < 4.78 is 0. The monoisotopic (exact) mass is 90.0 g/mol. The molecule has 1 saturated heterocycles. The van der Waals surface area contributed by atoms with E-state index in [-0.39, 0.29) is 6.10 Å². The zero-order valence-electron chi connectivity index (χ0n) is 3.51. The van der Waals surface area contributed by atoms with Crippen molar-refractivity contribution in [3.8, 4) is 0 Å². The minimum Gasteiger partial charge on any atom is -0.203 e. The van der Waals surface area contributed by atoms with E-state index in [2.05, 4.69) is 14.8 Å². The fraction of sp³-hybridized carbons (Fsp3) is 1.00. The van der Waals surface area contributed by atoms with Crippen molar-refractivity contribution in [3.05, 3.63) is 0 Å². The summed E-state index contributed by atoms with van der Waals surface area (Å²) in [6, 6.07) is 0. The molecule has 1 unspecified atom stereocenters. The van der Waals surface area contributed by atoms with Crippen molar-refractivity contribution >= 4 is 0 Å². The molecule has 6 heavy (non-hydrogen) atoms. The van der Waals surface area contributed by atoms with Gasteiger partial charge in [-0.05, 0) is 6.92 Å². The minimum atomic E-state index is 0.102. The third-order valence-electron chi connectivity index (χ3n) is 0.554. The van der Waals surface area contributed by atoms with Crippen LogP contribution in [0.1, 0.15) is 6.92 Å². The molecule has 3 nitrogen and oxygen atoms in total. The van der Waals surface area contributed by atoms with Gasteiger partial charge in [0.2, 0.25) is 0 Å². The minimum absolute atomic E-state index is 0.102. The van der Waals surface area contributed by atoms with Crippen molar-refractivity contribution in [2.24, 2.45) is 0 Å². The molecule has 0 spiro atoms. The Bertz CT molecular complexity index is 39.3. The van der Waals surface area contributed by atoms with E-state index < -0.39 is 0 Å². The van der Waals surface area contributed by atoms with Crippen LogP contribution < -0.4 is 0 Å². The lowest BCUT2D eigenvalue weighted by Crippen LogP contribution is -1.99. The summed E-state index contributed by atoms with van der Waals surface area (Å²) in [5.41, 5.74) is 0. The lowest BCUT2D eigenvalue weighted by Gasteiger charge is -1.85. The lowest BCUT2D eigenvalue weighted by molar-refractivity contribution is -0.459. The van der Waals surface area contributed by atoms with Gasteiger partial charge in [-0.2, -0.15) is 0 Å². The highest BCUT2D eigenvalue weighted by atomic mass is 17.5. The van der Waals surface area contributed by atoms with Crippen LogP contribution in [0, 0.1) is 0 Å². The van der Waals surface area contributed by atoms with Crippen LogP contribution in [0.4, 0.5) is 0 Å². The molecule has 0 N–H and O–H groups in total. The molecule has 0 amide bonds. The third kappa shape index (κ3) is 0.680. The molecule has 1 aliphatic heterocycles. The average molecular weight is 90.1 g/mol. The Hall–Kier alpha value is -0.120. The Morgan fingerprint density at radius 3 is 2.67 bits per heavy atom. The van der Waals surface area contributed by atoms with Gasteiger partial charge in [0, 0.05) is 0 Å². The molecule has 0 aliphatic carbocycles. The van der Waals surface area contributed by atoms with Gasteiger partial charge in [0.25, 0.3) is 0 Å². The van der Waals surface area contributed by atoms with Crippen LogP contribution in [0.2, 0.25) is 0 Å². The molecule has 0 aromatic rings. The second-order valence-electron chi connectivity index (χ2n) is 1.26. The molecular weight excluding hydrogens is 84.0 g/mol. The smallest absolute Gasteiger partial charge is 0.120 e. The van der Waals surface area contributed by atoms with Crippen molar-refractivity contribution < 1.29 is 14.8 Å². The summed E-state index contributed by atoms with van der Waals surface area (Å²) >= 11 is 0. The van der Waals surface area contributed by atoms with Crippen LogP contribution in [0.25, 0.3) is 0 Å². The van der Waals surface area contributed by atoms with Gasteiger partial charge in [-0.25, -0.2) is 9.78 Å². The summed E-state index contributed by atoms with van der Waals surface area (Å²) in [5.74, 6) is 0. The SMILES string of the molecule is CC1COOO1. The van der Waals surface area contributed by atoms with Gasteiger partial charge in [-0.15, -0.1) is 0 Å². The molecule has 1 atom stereocenters. The van der Waals surface area contributed by atoms with Crippen LogP contribution in [0.3, 0.4) is 0 Å².